The number of rotatable bonds is 12. The number of urea groups is 1. The third kappa shape index (κ3) is 6.56. The molecule has 41 heavy (non-hydrogen) atoms. The summed E-state index contributed by atoms with van der Waals surface area (Å²) in [6.45, 7) is 7.71. The van der Waals surface area contributed by atoms with E-state index in [9.17, 15) is 22.8 Å². The minimum atomic E-state index is -4.54. The summed E-state index contributed by atoms with van der Waals surface area (Å²) >= 11 is 0. The van der Waals surface area contributed by atoms with Gasteiger partial charge in [-0.25, -0.2) is 4.79 Å². The van der Waals surface area contributed by atoms with Crippen molar-refractivity contribution in [1.29, 1.82) is 0 Å². The van der Waals surface area contributed by atoms with Crippen LogP contribution in [0.25, 0.3) is 10.9 Å². The highest BCUT2D eigenvalue weighted by Crippen LogP contribution is 2.38. The molecule has 1 fully saturated rings. The average Bonchev–Trinajstić information content (AvgIpc) is 3.14. The maximum absolute atomic E-state index is 13.5. The number of fused-ring (bicyclic) bond motifs is 1. The third-order valence-corrected chi connectivity index (χ3v) is 6.76. The molecular weight excluding hydrogens is 539 g/mol. The summed E-state index contributed by atoms with van der Waals surface area (Å²) in [7, 11) is 0. The van der Waals surface area contributed by atoms with E-state index >= 15 is 0 Å². The number of hydrogen-bond acceptors (Lipinski definition) is 6. The lowest BCUT2D eigenvalue weighted by molar-refractivity contribution is -0.136. The standard InChI is InChI=1S/C30H34F3N3O5/c1-5-7-20-18-34-25-23(8-6-9-24(25)30(31,32)33)26(20)40-17-16-39-15-14-36-27(37)29(4,35-28(36)38)21-10-12-22(13-11-21)41-19(2)3/h6,8-13,18-19H,5,7,14-17H2,1-4H3,(H,35,38). The summed E-state index contributed by atoms with van der Waals surface area (Å²) in [5, 5.41) is 3.05. The molecule has 1 aromatic heterocycles. The Morgan fingerprint density at radius 1 is 1.05 bits per heavy atom. The Balaban J connectivity index is 1.34. The van der Waals surface area contributed by atoms with Crippen molar-refractivity contribution >= 4 is 22.8 Å². The molecule has 1 unspecified atom stereocenters. The van der Waals surface area contributed by atoms with Gasteiger partial charge in [0.25, 0.3) is 5.91 Å². The Bertz CT molecular complexity index is 1390. The number of halogens is 3. The van der Waals surface area contributed by atoms with Crippen molar-refractivity contribution in [1.82, 2.24) is 15.2 Å². The molecule has 4 rings (SSSR count). The number of carbonyl (C=O) groups is 2. The lowest BCUT2D eigenvalue weighted by atomic mass is 9.92. The minimum Gasteiger partial charge on any atom is -0.491 e. The van der Waals surface area contributed by atoms with Gasteiger partial charge in [0.05, 0.1) is 36.9 Å². The number of alkyl halides is 3. The van der Waals surface area contributed by atoms with Gasteiger partial charge in [-0.3, -0.25) is 14.7 Å². The van der Waals surface area contributed by atoms with Crippen molar-refractivity contribution in [3.05, 3.63) is 65.4 Å². The third-order valence-electron chi connectivity index (χ3n) is 6.76. The van der Waals surface area contributed by atoms with Gasteiger partial charge in [-0.2, -0.15) is 13.2 Å². The summed E-state index contributed by atoms with van der Waals surface area (Å²) in [5.41, 5.74) is -0.866. The van der Waals surface area contributed by atoms with Gasteiger partial charge >= 0.3 is 12.2 Å². The number of nitrogens with one attached hydrogen (secondary N) is 1. The van der Waals surface area contributed by atoms with Gasteiger partial charge in [0.2, 0.25) is 0 Å². The Kier molecular flexibility index (Phi) is 9.06. The number of pyridine rings is 1. The first-order valence-corrected chi connectivity index (χ1v) is 13.5. The summed E-state index contributed by atoms with van der Waals surface area (Å²) in [4.78, 5) is 31.0. The summed E-state index contributed by atoms with van der Waals surface area (Å²) in [5.74, 6) is 0.619. The monoisotopic (exact) mass is 573 g/mol. The van der Waals surface area contributed by atoms with Crippen LogP contribution < -0.4 is 14.8 Å². The second-order valence-corrected chi connectivity index (χ2v) is 10.2. The van der Waals surface area contributed by atoms with E-state index in [0.29, 0.717) is 29.0 Å². The molecule has 8 nitrogen and oxygen atoms in total. The van der Waals surface area contributed by atoms with Crippen LogP contribution in [0.3, 0.4) is 0 Å². The summed E-state index contributed by atoms with van der Waals surface area (Å²) in [6, 6.07) is 10.4. The second-order valence-electron chi connectivity index (χ2n) is 10.2. The van der Waals surface area contributed by atoms with Gasteiger partial charge in [-0.15, -0.1) is 0 Å². The highest BCUT2D eigenvalue weighted by atomic mass is 19.4. The fourth-order valence-corrected chi connectivity index (χ4v) is 4.78. The molecule has 0 radical (unpaired) electrons. The van der Waals surface area contributed by atoms with Crippen LogP contribution in [-0.4, -0.2) is 54.3 Å². The number of benzene rings is 2. The number of amides is 3. The highest BCUT2D eigenvalue weighted by Gasteiger charge is 2.48. The van der Waals surface area contributed by atoms with Crippen LogP contribution in [0, 0.1) is 0 Å². The van der Waals surface area contributed by atoms with Crippen molar-refractivity contribution in [2.24, 2.45) is 0 Å². The molecule has 1 N–H and O–H groups in total. The molecule has 1 aliphatic heterocycles. The van der Waals surface area contributed by atoms with E-state index in [2.05, 4.69) is 10.3 Å². The van der Waals surface area contributed by atoms with E-state index in [1.807, 2.05) is 20.8 Å². The van der Waals surface area contributed by atoms with Gasteiger partial charge < -0.3 is 19.5 Å². The van der Waals surface area contributed by atoms with Crippen molar-refractivity contribution in [2.45, 2.75) is 58.4 Å². The van der Waals surface area contributed by atoms with Crippen LogP contribution >= 0.6 is 0 Å². The van der Waals surface area contributed by atoms with Gasteiger partial charge in [-0.05, 0) is 57.0 Å². The van der Waals surface area contributed by atoms with Crippen LogP contribution in [0.15, 0.2) is 48.7 Å². The Morgan fingerprint density at radius 3 is 2.44 bits per heavy atom. The lowest BCUT2D eigenvalue weighted by Crippen LogP contribution is -2.41. The fraction of sp³-hybridized carbons (Fsp3) is 0.433. The molecule has 0 bridgehead atoms. The molecule has 1 aliphatic rings. The minimum absolute atomic E-state index is 0.00910. The number of para-hydroxylation sites is 1. The average molecular weight is 574 g/mol. The molecule has 3 amide bonds. The molecule has 1 atom stereocenters. The van der Waals surface area contributed by atoms with Crippen LogP contribution in [0.5, 0.6) is 11.5 Å². The van der Waals surface area contributed by atoms with Crippen LogP contribution in [0.1, 0.15) is 50.8 Å². The molecule has 220 valence electrons. The fourth-order valence-electron chi connectivity index (χ4n) is 4.78. The number of carbonyl (C=O) groups excluding carboxylic acids is 2. The molecule has 1 saturated heterocycles. The van der Waals surface area contributed by atoms with Crippen LogP contribution in [-0.2, 0) is 27.7 Å². The van der Waals surface area contributed by atoms with Gasteiger partial charge in [0.1, 0.15) is 23.6 Å². The molecule has 2 aromatic carbocycles. The maximum Gasteiger partial charge on any atom is 0.418 e. The predicted octanol–water partition coefficient (Wildman–Crippen LogP) is 5.86. The normalized spacial score (nSPS) is 17.4. The van der Waals surface area contributed by atoms with Gasteiger partial charge in [0.15, 0.2) is 0 Å². The molecule has 0 aliphatic carbocycles. The zero-order valence-electron chi connectivity index (χ0n) is 23.5. The van der Waals surface area contributed by atoms with Crippen molar-refractivity contribution in [3.8, 4) is 11.5 Å². The zero-order chi connectivity index (χ0) is 29.8. The topological polar surface area (TPSA) is 90.0 Å². The smallest absolute Gasteiger partial charge is 0.418 e. The summed E-state index contributed by atoms with van der Waals surface area (Å²) in [6.07, 6.45) is -1.75. The van der Waals surface area contributed by atoms with E-state index in [0.717, 1.165) is 17.4 Å². The van der Waals surface area contributed by atoms with Gasteiger partial charge in [0, 0.05) is 17.1 Å². The Labute approximate surface area is 236 Å². The molecule has 3 aromatic rings. The van der Waals surface area contributed by atoms with Crippen molar-refractivity contribution in [2.75, 3.05) is 26.4 Å². The summed E-state index contributed by atoms with van der Waals surface area (Å²) < 4.78 is 57.7. The zero-order valence-corrected chi connectivity index (χ0v) is 23.5. The number of imide groups is 1. The van der Waals surface area contributed by atoms with E-state index < -0.39 is 29.2 Å². The number of ether oxygens (including phenoxy) is 3. The maximum atomic E-state index is 13.5. The lowest BCUT2D eigenvalue weighted by Gasteiger charge is -2.22. The number of hydrogen-bond donors (Lipinski definition) is 1. The first kappa shape index (κ1) is 30.1. The first-order chi connectivity index (χ1) is 19.5. The van der Waals surface area contributed by atoms with E-state index in [1.165, 1.54) is 12.3 Å². The number of aromatic nitrogens is 1. The van der Waals surface area contributed by atoms with E-state index in [-0.39, 0.29) is 43.4 Å². The molecule has 0 saturated carbocycles. The Morgan fingerprint density at radius 2 is 1.78 bits per heavy atom. The quantitative estimate of drug-likeness (QED) is 0.216. The van der Waals surface area contributed by atoms with E-state index in [4.69, 9.17) is 14.2 Å². The van der Waals surface area contributed by atoms with Crippen molar-refractivity contribution < 1.29 is 37.0 Å². The molecule has 0 spiro atoms. The largest absolute Gasteiger partial charge is 0.491 e. The predicted molar refractivity (Wildman–Crippen MR) is 147 cm³/mol. The van der Waals surface area contributed by atoms with Crippen LogP contribution in [0.4, 0.5) is 18.0 Å². The SMILES string of the molecule is CCCc1cnc2c(C(F)(F)F)cccc2c1OCCOCCN1C(=O)NC(C)(c2ccc(OC(C)C)cc2)C1=O. The molecular formula is C30H34F3N3O5. The number of nitrogens with zero attached hydrogens (tertiary/aromatic N) is 2. The molecule has 11 heteroatoms. The van der Waals surface area contributed by atoms with Crippen LogP contribution in [0.2, 0.25) is 0 Å². The van der Waals surface area contributed by atoms with Gasteiger partial charge in [-0.1, -0.05) is 31.5 Å². The first-order valence-electron chi connectivity index (χ1n) is 13.5. The second kappa shape index (κ2) is 12.3. The molecule has 2 heterocycles. The van der Waals surface area contributed by atoms with Crippen molar-refractivity contribution in [3.63, 3.8) is 0 Å². The van der Waals surface area contributed by atoms with E-state index in [1.54, 1.807) is 37.3 Å². The number of aryl methyl sites for hydroxylation is 1. The Hall–Kier alpha value is -3.86. The highest BCUT2D eigenvalue weighted by molar-refractivity contribution is 6.07.